The van der Waals surface area contributed by atoms with Crippen molar-refractivity contribution >= 4 is 28.3 Å². The van der Waals surface area contributed by atoms with Crippen molar-refractivity contribution in [2.45, 2.75) is 13.0 Å². The monoisotopic (exact) mass is 381 g/mol. The van der Waals surface area contributed by atoms with Gasteiger partial charge in [-0.25, -0.2) is 0 Å². The molecule has 4 heteroatoms. The average molecular weight is 381 g/mol. The highest BCUT2D eigenvalue weighted by molar-refractivity contribution is 14.1. The van der Waals surface area contributed by atoms with Gasteiger partial charge in [-0.2, -0.15) is 0 Å². The third kappa shape index (κ3) is 3.00. The summed E-state index contributed by atoms with van der Waals surface area (Å²) in [4.78, 5) is 0. The first-order chi connectivity index (χ1) is 9.84. The van der Waals surface area contributed by atoms with E-state index >= 15 is 0 Å². The molecule has 0 aliphatic carbocycles. The van der Waals surface area contributed by atoms with Gasteiger partial charge in [0.15, 0.2) is 11.5 Å². The van der Waals surface area contributed by atoms with Gasteiger partial charge in [-0.05, 0) is 40.8 Å². The zero-order valence-corrected chi connectivity index (χ0v) is 13.2. The van der Waals surface area contributed by atoms with Gasteiger partial charge >= 0.3 is 0 Å². The van der Waals surface area contributed by atoms with E-state index in [1.807, 2.05) is 24.3 Å². The molecule has 0 aromatic heterocycles. The predicted molar refractivity (Wildman–Crippen MR) is 88.5 cm³/mol. The Morgan fingerprint density at radius 1 is 1.00 bits per heavy atom. The summed E-state index contributed by atoms with van der Waals surface area (Å²) in [5.74, 6) is 1.73. The molecule has 1 N–H and O–H groups in total. The lowest BCUT2D eigenvalue weighted by Crippen LogP contribution is -2.04. The SMILES string of the molecule is Ic1ccccc1NCc1cccc2c1OCCCO2. The second-order valence-corrected chi connectivity index (χ2v) is 5.79. The molecule has 0 atom stereocenters. The third-order valence-electron chi connectivity index (χ3n) is 3.20. The number of fused-ring (bicyclic) bond motifs is 1. The van der Waals surface area contributed by atoms with Crippen molar-refractivity contribution in [1.29, 1.82) is 0 Å². The van der Waals surface area contributed by atoms with Crippen LogP contribution in [0.15, 0.2) is 42.5 Å². The Labute approximate surface area is 132 Å². The van der Waals surface area contributed by atoms with Gasteiger partial charge in [0.1, 0.15) is 0 Å². The third-order valence-corrected chi connectivity index (χ3v) is 4.14. The predicted octanol–water partition coefficient (Wildman–Crippen LogP) is 4.06. The number of benzene rings is 2. The number of hydrogen-bond acceptors (Lipinski definition) is 3. The van der Waals surface area contributed by atoms with E-state index in [-0.39, 0.29) is 0 Å². The number of nitrogens with one attached hydrogen (secondary N) is 1. The highest BCUT2D eigenvalue weighted by Gasteiger charge is 2.14. The highest BCUT2D eigenvalue weighted by Crippen LogP contribution is 2.33. The van der Waals surface area contributed by atoms with Crippen LogP contribution in [0.5, 0.6) is 11.5 Å². The Bertz CT molecular complexity index is 601. The highest BCUT2D eigenvalue weighted by atomic mass is 127. The lowest BCUT2D eigenvalue weighted by Gasteiger charge is -2.14. The Kier molecular flexibility index (Phi) is 4.30. The molecule has 0 radical (unpaired) electrons. The molecule has 1 aliphatic heterocycles. The molecule has 3 rings (SSSR count). The molecule has 0 saturated carbocycles. The first-order valence-corrected chi connectivity index (χ1v) is 7.78. The minimum absolute atomic E-state index is 0.715. The fourth-order valence-corrected chi connectivity index (χ4v) is 2.77. The minimum atomic E-state index is 0.715. The number of hydrogen-bond donors (Lipinski definition) is 1. The van der Waals surface area contributed by atoms with E-state index in [1.54, 1.807) is 0 Å². The van der Waals surface area contributed by atoms with E-state index in [4.69, 9.17) is 9.47 Å². The second-order valence-electron chi connectivity index (χ2n) is 4.63. The van der Waals surface area contributed by atoms with Crippen molar-refractivity contribution in [1.82, 2.24) is 0 Å². The maximum absolute atomic E-state index is 5.83. The fourth-order valence-electron chi connectivity index (χ4n) is 2.19. The summed E-state index contributed by atoms with van der Waals surface area (Å²) in [6, 6.07) is 14.3. The summed E-state index contributed by atoms with van der Waals surface area (Å²) in [5.41, 5.74) is 2.27. The number of halogens is 1. The first-order valence-electron chi connectivity index (χ1n) is 6.70. The Balaban J connectivity index is 1.80. The lowest BCUT2D eigenvalue weighted by atomic mass is 10.1. The van der Waals surface area contributed by atoms with Crippen LogP contribution in [-0.2, 0) is 6.54 Å². The van der Waals surface area contributed by atoms with Crippen LogP contribution in [0.4, 0.5) is 5.69 Å². The summed E-state index contributed by atoms with van der Waals surface area (Å²) >= 11 is 2.33. The molecule has 0 fully saturated rings. The topological polar surface area (TPSA) is 30.5 Å². The van der Waals surface area contributed by atoms with Crippen LogP contribution >= 0.6 is 22.6 Å². The minimum Gasteiger partial charge on any atom is -0.490 e. The molecule has 3 nitrogen and oxygen atoms in total. The van der Waals surface area contributed by atoms with E-state index in [0.29, 0.717) is 6.61 Å². The van der Waals surface area contributed by atoms with Gasteiger partial charge in [-0.15, -0.1) is 0 Å². The molecule has 2 aromatic rings. The Hall–Kier alpha value is -1.43. The Morgan fingerprint density at radius 2 is 1.85 bits per heavy atom. The first kappa shape index (κ1) is 13.5. The molecule has 0 saturated heterocycles. The van der Waals surface area contributed by atoms with Crippen LogP contribution in [-0.4, -0.2) is 13.2 Å². The molecule has 1 heterocycles. The van der Waals surface area contributed by atoms with Crippen molar-refractivity contribution in [3.63, 3.8) is 0 Å². The zero-order chi connectivity index (χ0) is 13.8. The summed E-state index contributed by atoms with van der Waals surface area (Å²) in [6.45, 7) is 2.17. The number of rotatable bonds is 3. The number of ether oxygens (including phenoxy) is 2. The van der Waals surface area contributed by atoms with E-state index in [2.05, 4.69) is 46.1 Å². The van der Waals surface area contributed by atoms with Crippen LogP contribution in [0.3, 0.4) is 0 Å². The number of para-hydroxylation sites is 2. The molecule has 104 valence electrons. The zero-order valence-electron chi connectivity index (χ0n) is 11.1. The van der Waals surface area contributed by atoms with Crippen LogP contribution in [0.2, 0.25) is 0 Å². The van der Waals surface area contributed by atoms with Crippen molar-refractivity contribution < 1.29 is 9.47 Å². The van der Waals surface area contributed by atoms with Gasteiger partial charge in [0.25, 0.3) is 0 Å². The van der Waals surface area contributed by atoms with Gasteiger partial charge in [0, 0.05) is 27.8 Å². The van der Waals surface area contributed by atoms with E-state index in [9.17, 15) is 0 Å². The van der Waals surface area contributed by atoms with Crippen LogP contribution in [0.25, 0.3) is 0 Å². The van der Waals surface area contributed by atoms with Gasteiger partial charge in [0.05, 0.1) is 13.2 Å². The summed E-state index contributed by atoms with van der Waals surface area (Å²) in [7, 11) is 0. The van der Waals surface area contributed by atoms with Crippen LogP contribution < -0.4 is 14.8 Å². The van der Waals surface area contributed by atoms with Gasteiger partial charge in [-0.1, -0.05) is 24.3 Å². The normalized spacial score (nSPS) is 13.7. The second kappa shape index (κ2) is 6.35. The molecule has 1 aliphatic rings. The van der Waals surface area contributed by atoms with E-state index in [1.165, 1.54) is 3.57 Å². The van der Waals surface area contributed by atoms with Gasteiger partial charge in [-0.3, -0.25) is 0 Å². The van der Waals surface area contributed by atoms with Gasteiger partial charge in [0.2, 0.25) is 0 Å². The van der Waals surface area contributed by atoms with E-state index in [0.717, 1.165) is 42.3 Å². The van der Waals surface area contributed by atoms with Crippen molar-refractivity contribution in [3.05, 3.63) is 51.6 Å². The lowest BCUT2D eigenvalue weighted by molar-refractivity contribution is 0.296. The summed E-state index contributed by atoms with van der Waals surface area (Å²) in [6.07, 6.45) is 0.929. The van der Waals surface area contributed by atoms with Crippen LogP contribution in [0.1, 0.15) is 12.0 Å². The fraction of sp³-hybridized carbons (Fsp3) is 0.250. The smallest absolute Gasteiger partial charge is 0.166 e. The van der Waals surface area contributed by atoms with Crippen LogP contribution in [0, 0.1) is 3.57 Å². The molecule has 20 heavy (non-hydrogen) atoms. The molecular weight excluding hydrogens is 365 g/mol. The summed E-state index contributed by atoms with van der Waals surface area (Å²) < 4.78 is 12.8. The standard InChI is InChI=1S/C16H16INO2/c17-13-6-1-2-7-14(13)18-11-12-5-3-8-15-16(12)20-10-4-9-19-15/h1-3,5-8,18H,4,9-11H2. The van der Waals surface area contributed by atoms with Gasteiger partial charge < -0.3 is 14.8 Å². The molecule has 0 spiro atoms. The molecule has 0 unspecified atom stereocenters. The largest absolute Gasteiger partial charge is 0.490 e. The quantitative estimate of drug-likeness (QED) is 0.814. The maximum Gasteiger partial charge on any atom is 0.166 e. The van der Waals surface area contributed by atoms with Crippen molar-refractivity contribution in [2.24, 2.45) is 0 Å². The average Bonchev–Trinajstić information content (AvgIpc) is 2.72. The molecule has 2 aromatic carbocycles. The Morgan fingerprint density at radius 3 is 2.75 bits per heavy atom. The van der Waals surface area contributed by atoms with E-state index < -0.39 is 0 Å². The number of anilines is 1. The summed E-state index contributed by atoms with van der Waals surface area (Å²) in [5, 5.41) is 3.46. The maximum atomic E-state index is 5.83. The van der Waals surface area contributed by atoms with Crippen molar-refractivity contribution in [3.8, 4) is 11.5 Å². The molecule has 0 bridgehead atoms. The van der Waals surface area contributed by atoms with Crippen molar-refractivity contribution in [2.75, 3.05) is 18.5 Å². The molecule has 0 amide bonds. The molecular formula is C16H16INO2.